The number of halogens is 1. The third kappa shape index (κ3) is 3.08. The second-order valence-corrected chi connectivity index (χ2v) is 6.34. The highest BCUT2D eigenvalue weighted by Crippen LogP contribution is 2.25. The molecule has 0 amide bonds. The van der Waals surface area contributed by atoms with Crippen LogP contribution in [-0.2, 0) is 10.0 Å². The number of nitrogens with zero attached hydrogens (tertiary/aromatic N) is 3. The summed E-state index contributed by atoms with van der Waals surface area (Å²) in [6, 6.07) is 3.85. The second kappa shape index (κ2) is 5.23. The van der Waals surface area contributed by atoms with E-state index < -0.39 is 16.1 Å². The fourth-order valence-corrected chi connectivity index (χ4v) is 3.73. The van der Waals surface area contributed by atoms with E-state index in [-0.39, 0.29) is 10.7 Å². The van der Waals surface area contributed by atoms with Gasteiger partial charge in [-0.1, -0.05) is 5.21 Å². The number of benzene rings is 1. The zero-order chi connectivity index (χ0) is 14.0. The summed E-state index contributed by atoms with van der Waals surface area (Å²) in [5, 5.41) is 13.1. The summed E-state index contributed by atoms with van der Waals surface area (Å²) < 4.78 is 27.2. The van der Waals surface area contributed by atoms with Crippen molar-refractivity contribution in [2.24, 2.45) is 0 Å². The van der Waals surface area contributed by atoms with Crippen LogP contribution in [0.5, 0.6) is 0 Å². The van der Waals surface area contributed by atoms with Gasteiger partial charge in [-0.3, -0.25) is 0 Å². The molecule has 0 radical (unpaired) electrons. The van der Waals surface area contributed by atoms with Gasteiger partial charge in [0.25, 0.3) is 0 Å². The third-order valence-electron chi connectivity index (χ3n) is 2.33. The molecule has 0 saturated carbocycles. The van der Waals surface area contributed by atoms with Crippen molar-refractivity contribution < 1.29 is 8.42 Å². The Morgan fingerprint density at radius 3 is 2.79 bits per heavy atom. The summed E-state index contributed by atoms with van der Waals surface area (Å²) in [5.74, 6) is 0.259. The van der Waals surface area contributed by atoms with E-state index in [1.165, 1.54) is 18.2 Å². The summed E-state index contributed by atoms with van der Waals surface area (Å²) in [7, 11) is -3.71. The van der Waals surface area contributed by atoms with Crippen LogP contribution in [0.2, 0.25) is 0 Å². The van der Waals surface area contributed by atoms with Gasteiger partial charge in [0.1, 0.15) is 0 Å². The number of nitrogen functional groups attached to an aromatic ring is 1. The van der Waals surface area contributed by atoms with E-state index in [2.05, 4.69) is 41.3 Å². The molecule has 2 aromatic rings. The number of tetrazole rings is 1. The molecule has 0 aliphatic rings. The van der Waals surface area contributed by atoms with Gasteiger partial charge in [0, 0.05) is 10.2 Å². The highest BCUT2D eigenvalue weighted by molar-refractivity contribution is 9.10. The van der Waals surface area contributed by atoms with Crippen molar-refractivity contribution in [1.82, 2.24) is 25.3 Å². The number of hydrogen-bond acceptors (Lipinski definition) is 6. The van der Waals surface area contributed by atoms with Crippen molar-refractivity contribution in [2.75, 3.05) is 5.73 Å². The Balaban J connectivity index is 2.28. The molecule has 1 aromatic heterocycles. The summed E-state index contributed by atoms with van der Waals surface area (Å²) in [5.41, 5.74) is 6.04. The molecule has 1 unspecified atom stereocenters. The standard InChI is InChI=1S/C9H11BrN6O2S/c1-5(9-12-15-16-13-9)14-19(17,18)8-3-2-6(11)4-7(8)10/h2-5,14H,11H2,1H3,(H,12,13,15,16). The van der Waals surface area contributed by atoms with E-state index in [4.69, 9.17) is 5.73 Å². The first-order valence-electron chi connectivity index (χ1n) is 5.21. The van der Waals surface area contributed by atoms with Gasteiger partial charge in [-0.15, -0.1) is 10.2 Å². The maximum Gasteiger partial charge on any atom is 0.242 e. The van der Waals surface area contributed by atoms with Gasteiger partial charge < -0.3 is 5.73 Å². The van der Waals surface area contributed by atoms with Crippen LogP contribution in [0.4, 0.5) is 5.69 Å². The number of nitrogens with two attached hydrogens (primary N) is 1. The number of anilines is 1. The molecular weight excluding hydrogens is 336 g/mol. The monoisotopic (exact) mass is 346 g/mol. The van der Waals surface area contributed by atoms with Crippen LogP contribution in [0.1, 0.15) is 18.8 Å². The molecule has 4 N–H and O–H groups in total. The van der Waals surface area contributed by atoms with Crippen LogP contribution in [0, 0.1) is 0 Å². The first kappa shape index (κ1) is 13.9. The minimum Gasteiger partial charge on any atom is -0.399 e. The molecular formula is C9H11BrN6O2S. The Morgan fingerprint density at radius 1 is 1.47 bits per heavy atom. The minimum absolute atomic E-state index is 0.0945. The summed E-state index contributed by atoms with van der Waals surface area (Å²) >= 11 is 3.17. The summed E-state index contributed by atoms with van der Waals surface area (Å²) in [4.78, 5) is 0.0945. The van der Waals surface area contributed by atoms with Crippen LogP contribution < -0.4 is 10.5 Å². The number of sulfonamides is 1. The Labute approximate surface area is 118 Å². The lowest BCUT2D eigenvalue weighted by Gasteiger charge is -2.12. The molecule has 8 nitrogen and oxygen atoms in total. The topological polar surface area (TPSA) is 127 Å². The van der Waals surface area contributed by atoms with E-state index >= 15 is 0 Å². The Hall–Kier alpha value is -1.52. The fourth-order valence-electron chi connectivity index (χ4n) is 1.44. The molecule has 0 saturated heterocycles. The predicted octanol–water partition coefficient (Wildman–Crippen LogP) is 0.584. The molecule has 1 atom stereocenters. The van der Waals surface area contributed by atoms with Crippen molar-refractivity contribution >= 4 is 31.6 Å². The van der Waals surface area contributed by atoms with Crippen LogP contribution in [0.25, 0.3) is 0 Å². The molecule has 1 aromatic carbocycles. The lowest BCUT2D eigenvalue weighted by atomic mass is 10.3. The van der Waals surface area contributed by atoms with E-state index in [1.807, 2.05) is 0 Å². The largest absolute Gasteiger partial charge is 0.399 e. The number of hydrogen-bond donors (Lipinski definition) is 3. The molecule has 0 aliphatic heterocycles. The maximum atomic E-state index is 12.2. The molecule has 19 heavy (non-hydrogen) atoms. The molecule has 2 rings (SSSR count). The SMILES string of the molecule is CC(NS(=O)(=O)c1ccc(N)cc1Br)c1nn[nH]n1. The van der Waals surface area contributed by atoms with Crippen LogP contribution >= 0.6 is 15.9 Å². The van der Waals surface area contributed by atoms with Gasteiger partial charge in [-0.25, -0.2) is 13.1 Å². The highest BCUT2D eigenvalue weighted by Gasteiger charge is 2.22. The van der Waals surface area contributed by atoms with E-state index in [0.29, 0.717) is 10.2 Å². The van der Waals surface area contributed by atoms with E-state index in [1.54, 1.807) is 6.92 Å². The van der Waals surface area contributed by atoms with Crippen molar-refractivity contribution in [3.63, 3.8) is 0 Å². The van der Waals surface area contributed by atoms with Crippen LogP contribution in [-0.4, -0.2) is 29.0 Å². The van der Waals surface area contributed by atoms with Gasteiger partial charge in [0.2, 0.25) is 10.0 Å². The molecule has 0 aliphatic carbocycles. The lowest BCUT2D eigenvalue weighted by Crippen LogP contribution is -2.28. The van der Waals surface area contributed by atoms with Crippen molar-refractivity contribution in [2.45, 2.75) is 17.9 Å². The second-order valence-electron chi connectivity index (χ2n) is 3.80. The lowest BCUT2D eigenvalue weighted by molar-refractivity contribution is 0.559. The zero-order valence-electron chi connectivity index (χ0n) is 9.83. The molecule has 0 fully saturated rings. The quantitative estimate of drug-likeness (QED) is 0.695. The van der Waals surface area contributed by atoms with Gasteiger partial charge >= 0.3 is 0 Å². The van der Waals surface area contributed by atoms with Gasteiger partial charge in [0.05, 0.1) is 10.9 Å². The number of aromatic amines is 1. The number of nitrogens with one attached hydrogen (secondary N) is 2. The Bertz CT molecular complexity index is 672. The number of H-pyrrole nitrogens is 1. The molecule has 102 valence electrons. The Morgan fingerprint density at radius 2 is 2.21 bits per heavy atom. The average molecular weight is 347 g/mol. The number of rotatable bonds is 4. The maximum absolute atomic E-state index is 12.2. The molecule has 0 spiro atoms. The summed E-state index contributed by atoms with van der Waals surface area (Å²) in [6.07, 6.45) is 0. The molecule has 0 bridgehead atoms. The highest BCUT2D eigenvalue weighted by atomic mass is 79.9. The van der Waals surface area contributed by atoms with Gasteiger partial charge in [-0.2, -0.15) is 5.21 Å². The smallest absolute Gasteiger partial charge is 0.242 e. The zero-order valence-corrected chi connectivity index (χ0v) is 12.2. The summed E-state index contributed by atoms with van der Waals surface area (Å²) in [6.45, 7) is 1.62. The average Bonchev–Trinajstić information content (AvgIpc) is 2.80. The Kier molecular flexibility index (Phi) is 3.83. The normalized spacial score (nSPS) is 13.4. The first-order chi connectivity index (χ1) is 8.90. The van der Waals surface area contributed by atoms with Crippen LogP contribution in [0.3, 0.4) is 0 Å². The van der Waals surface area contributed by atoms with Crippen LogP contribution in [0.15, 0.2) is 27.6 Å². The van der Waals surface area contributed by atoms with E-state index in [9.17, 15) is 8.42 Å². The van der Waals surface area contributed by atoms with Gasteiger partial charge in [0.15, 0.2) is 5.82 Å². The van der Waals surface area contributed by atoms with Crippen molar-refractivity contribution in [3.8, 4) is 0 Å². The minimum atomic E-state index is -3.71. The third-order valence-corrected chi connectivity index (χ3v) is 4.84. The predicted molar refractivity (Wildman–Crippen MR) is 71.5 cm³/mol. The first-order valence-corrected chi connectivity index (χ1v) is 7.48. The van der Waals surface area contributed by atoms with E-state index in [0.717, 1.165) is 0 Å². The number of aromatic nitrogens is 4. The molecule has 1 heterocycles. The molecule has 10 heteroatoms. The fraction of sp³-hybridized carbons (Fsp3) is 0.222. The van der Waals surface area contributed by atoms with Crippen molar-refractivity contribution in [1.29, 1.82) is 0 Å². The van der Waals surface area contributed by atoms with Gasteiger partial charge in [-0.05, 0) is 41.1 Å². The van der Waals surface area contributed by atoms with Crippen molar-refractivity contribution in [3.05, 3.63) is 28.5 Å².